The number of rotatable bonds is 13. The number of carbonyl (C=O) groups is 2. The van der Waals surface area contributed by atoms with Crippen molar-refractivity contribution < 1.29 is 19.1 Å². The summed E-state index contributed by atoms with van der Waals surface area (Å²) in [6.45, 7) is 11.5. The van der Waals surface area contributed by atoms with E-state index in [0.29, 0.717) is 5.56 Å². The average molecular weight is 474 g/mol. The Hall–Kier alpha value is -1.88. The molecule has 1 aliphatic heterocycles. The third-order valence-electron chi connectivity index (χ3n) is 6.41. The van der Waals surface area contributed by atoms with Crippen molar-refractivity contribution >= 4 is 11.9 Å². The SMILES string of the molecule is CCCCCCCCCCCCc1cccc(C(=O)[C@@H]2COC(C)(C)N2C(=O)OC(C)(C)C)c1. The number of Topliss-reactive ketones (excluding diaryl/α,β-unsaturated/α-hetero) is 1. The monoisotopic (exact) mass is 473 g/mol. The second-order valence-corrected chi connectivity index (χ2v) is 11.1. The molecule has 1 aromatic carbocycles. The Kier molecular flexibility index (Phi) is 11.1. The van der Waals surface area contributed by atoms with E-state index in [1.54, 1.807) is 13.8 Å². The van der Waals surface area contributed by atoms with Crippen LogP contribution in [-0.4, -0.2) is 40.8 Å². The highest BCUT2D eigenvalue weighted by molar-refractivity contribution is 6.02. The van der Waals surface area contributed by atoms with E-state index in [4.69, 9.17) is 9.47 Å². The fourth-order valence-corrected chi connectivity index (χ4v) is 4.54. The number of amides is 1. The Balaban J connectivity index is 1.87. The lowest BCUT2D eigenvalue weighted by atomic mass is 9.98. The maximum atomic E-state index is 13.4. The summed E-state index contributed by atoms with van der Waals surface area (Å²) in [6.07, 6.45) is 13.6. The van der Waals surface area contributed by atoms with Crippen LogP contribution in [0.25, 0.3) is 0 Å². The number of carbonyl (C=O) groups excluding carboxylic acids is 2. The summed E-state index contributed by atoms with van der Waals surface area (Å²) >= 11 is 0. The molecular weight excluding hydrogens is 426 g/mol. The van der Waals surface area contributed by atoms with Gasteiger partial charge in [0, 0.05) is 5.56 Å². The van der Waals surface area contributed by atoms with Crippen LogP contribution in [0.3, 0.4) is 0 Å². The fourth-order valence-electron chi connectivity index (χ4n) is 4.54. The van der Waals surface area contributed by atoms with Crippen molar-refractivity contribution in [3.05, 3.63) is 35.4 Å². The zero-order valence-corrected chi connectivity index (χ0v) is 22.5. The van der Waals surface area contributed by atoms with Crippen LogP contribution in [0.15, 0.2) is 24.3 Å². The van der Waals surface area contributed by atoms with Crippen LogP contribution in [0, 0.1) is 0 Å². The van der Waals surface area contributed by atoms with E-state index in [2.05, 4.69) is 13.0 Å². The van der Waals surface area contributed by atoms with E-state index in [1.165, 1.54) is 68.3 Å². The molecule has 0 N–H and O–H groups in total. The fraction of sp³-hybridized carbons (Fsp3) is 0.724. The quantitative estimate of drug-likeness (QED) is 0.217. The van der Waals surface area contributed by atoms with Crippen LogP contribution in [0.1, 0.15) is 122 Å². The number of hydrogen-bond donors (Lipinski definition) is 0. The standard InChI is InChI=1S/C29H47NO4/c1-7-8-9-10-11-12-13-14-15-16-18-23-19-17-20-24(21-23)26(31)25-22-33-29(5,6)30(25)27(32)34-28(2,3)4/h17,19-21,25H,7-16,18,22H2,1-6H3/t25-/m0/s1. The third-order valence-corrected chi connectivity index (χ3v) is 6.41. The van der Waals surface area contributed by atoms with Crippen molar-refractivity contribution in [2.75, 3.05) is 6.61 Å². The Labute approximate surface area is 207 Å². The topological polar surface area (TPSA) is 55.8 Å². The lowest BCUT2D eigenvalue weighted by Crippen LogP contribution is -2.52. The van der Waals surface area contributed by atoms with Crippen LogP contribution in [0.4, 0.5) is 4.79 Å². The van der Waals surface area contributed by atoms with Gasteiger partial charge in [0.05, 0.1) is 6.61 Å². The van der Waals surface area contributed by atoms with Gasteiger partial charge >= 0.3 is 6.09 Å². The summed E-state index contributed by atoms with van der Waals surface area (Å²) in [6, 6.07) is 7.16. The maximum Gasteiger partial charge on any atom is 0.413 e. The van der Waals surface area contributed by atoms with E-state index >= 15 is 0 Å². The predicted octanol–water partition coefficient (Wildman–Crippen LogP) is 7.70. The second kappa shape index (κ2) is 13.3. The summed E-state index contributed by atoms with van der Waals surface area (Å²) in [5.74, 6) is -0.0960. The molecule has 5 nitrogen and oxygen atoms in total. The van der Waals surface area contributed by atoms with Crippen molar-refractivity contribution in [3.63, 3.8) is 0 Å². The molecule has 0 radical (unpaired) electrons. The zero-order chi connectivity index (χ0) is 25.2. The molecule has 0 spiro atoms. The minimum Gasteiger partial charge on any atom is -0.444 e. The third kappa shape index (κ3) is 9.05. The van der Waals surface area contributed by atoms with Crippen molar-refractivity contribution in [1.29, 1.82) is 0 Å². The highest BCUT2D eigenvalue weighted by Crippen LogP contribution is 2.31. The lowest BCUT2D eigenvalue weighted by Gasteiger charge is -2.34. The number of ketones is 1. The number of nitrogens with zero attached hydrogens (tertiary/aromatic N) is 1. The Morgan fingerprint density at radius 3 is 2.18 bits per heavy atom. The lowest BCUT2D eigenvalue weighted by molar-refractivity contribution is -0.0615. The smallest absolute Gasteiger partial charge is 0.413 e. The molecule has 1 amide bonds. The van der Waals surface area contributed by atoms with Gasteiger partial charge in [-0.3, -0.25) is 9.69 Å². The first-order valence-electron chi connectivity index (χ1n) is 13.3. The highest BCUT2D eigenvalue weighted by atomic mass is 16.6. The first kappa shape index (κ1) is 28.4. The highest BCUT2D eigenvalue weighted by Gasteiger charge is 2.48. The molecule has 1 saturated heterocycles. The van der Waals surface area contributed by atoms with Gasteiger partial charge in [0.25, 0.3) is 0 Å². The van der Waals surface area contributed by atoms with Crippen LogP contribution in [0.5, 0.6) is 0 Å². The van der Waals surface area contributed by atoms with E-state index in [9.17, 15) is 9.59 Å². The molecule has 1 aromatic rings. The molecule has 0 aromatic heterocycles. The molecule has 2 rings (SSSR count). The Morgan fingerprint density at radius 1 is 1.00 bits per heavy atom. The van der Waals surface area contributed by atoms with Gasteiger partial charge in [0.1, 0.15) is 17.4 Å². The maximum absolute atomic E-state index is 13.4. The van der Waals surface area contributed by atoms with E-state index in [0.717, 1.165) is 12.8 Å². The van der Waals surface area contributed by atoms with Crippen molar-refractivity contribution in [2.24, 2.45) is 0 Å². The summed E-state index contributed by atoms with van der Waals surface area (Å²) in [7, 11) is 0. The van der Waals surface area contributed by atoms with Gasteiger partial charge in [-0.15, -0.1) is 0 Å². The molecule has 34 heavy (non-hydrogen) atoms. The van der Waals surface area contributed by atoms with Crippen molar-refractivity contribution in [3.8, 4) is 0 Å². The van der Waals surface area contributed by atoms with Crippen LogP contribution >= 0.6 is 0 Å². The van der Waals surface area contributed by atoms with E-state index in [-0.39, 0.29) is 12.4 Å². The molecule has 0 bridgehead atoms. The molecule has 0 saturated carbocycles. The number of unbranched alkanes of at least 4 members (excludes halogenated alkanes) is 9. The molecule has 1 atom stereocenters. The van der Waals surface area contributed by atoms with Crippen LogP contribution < -0.4 is 0 Å². The molecule has 192 valence electrons. The molecule has 1 heterocycles. The molecule has 5 heteroatoms. The van der Waals surface area contributed by atoms with Crippen molar-refractivity contribution in [2.45, 2.75) is 130 Å². The first-order chi connectivity index (χ1) is 16.0. The Morgan fingerprint density at radius 2 is 1.59 bits per heavy atom. The number of hydrogen-bond acceptors (Lipinski definition) is 4. The normalized spacial score (nSPS) is 17.7. The summed E-state index contributed by atoms with van der Waals surface area (Å²) in [4.78, 5) is 27.7. The molecular formula is C29H47NO4. The molecule has 0 aliphatic carbocycles. The minimum absolute atomic E-state index is 0.0960. The van der Waals surface area contributed by atoms with Crippen LogP contribution in [0.2, 0.25) is 0 Å². The van der Waals surface area contributed by atoms with Gasteiger partial charge < -0.3 is 9.47 Å². The number of ether oxygens (including phenoxy) is 2. The van der Waals surface area contributed by atoms with E-state index in [1.807, 2.05) is 39.0 Å². The summed E-state index contributed by atoms with van der Waals surface area (Å²) in [5.41, 5.74) is 0.269. The molecule has 0 unspecified atom stereocenters. The molecule has 1 fully saturated rings. The zero-order valence-electron chi connectivity index (χ0n) is 22.5. The van der Waals surface area contributed by atoms with Gasteiger partial charge in [0.15, 0.2) is 5.78 Å². The second-order valence-electron chi connectivity index (χ2n) is 11.1. The Bertz CT molecular complexity index is 781. The predicted molar refractivity (Wildman–Crippen MR) is 138 cm³/mol. The number of benzene rings is 1. The van der Waals surface area contributed by atoms with Gasteiger partial charge in [-0.1, -0.05) is 82.9 Å². The average Bonchev–Trinajstić information content (AvgIpc) is 3.08. The summed E-state index contributed by atoms with van der Waals surface area (Å²) in [5, 5.41) is 0. The first-order valence-corrected chi connectivity index (χ1v) is 13.3. The van der Waals surface area contributed by atoms with Crippen LogP contribution in [-0.2, 0) is 15.9 Å². The van der Waals surface area contributed by atoms with Gasteiger partial charge in [-0.05, 0) is 59.1 Å². The molecule has 1 aliphatic rings. The van der Waals surface area contributed by atoms with Gasteiger partial charge in [-0.2, -0.15) is 0 Å². The minimum atomic E-state index is -0.893. The largest absolute Gasteiger partial charge is 0.444 e. The number of aryl methyl sites for hydroxylation is 1. The van der Waals surface area contributed by atoms with Crippen molar-refractivity contribution in [1.82, 2.24) is 4.90 Å². The van der Waals surface area contributed by atoms with Gasteiger partial charge in [0.2, 0.25) is 0 Å². The van der Waals surface area contributed by atoms with Gasteiger partial charge in [-0.25, -0.2) is 4.79 Å². The summed E-state index contributed by atoms with van der Waals surface area (Å²) < 4.78 is 11.4. The van der Waals surface area contributed by atoms with E-state index < -0.39 is 23.5 Å².